The minimum atomic E-state index is 0.914. The van der Waals surface area contributed by atoms with E-state index in [1.54, 1.807) is 0 Å². The molecule has 0 bridgehead atoms. The minimum absolute atomic E-state index is 0.914. The van der Waals surface area contributed by atoms with Crippen molar-refractivity contribution in [2.24, 2.45) is 4.99 Å². The Morgan fingerprint density at radius 2 is 2.21 bits per heavy atom. The van der Waals surface area contributed by atoms with Gasteiger partial charge in [0.05, 0.1) is 0 Å². The third kappa shape index (κ3) is 1.76. The highest BCUT2D eigenvalue weighted by atomic mass is 15.0. The van der Waals surface area contributed by atoms with Crippen molar-refractivity contribution in [1.82, 2.24) is 10.3 Å². The number of aromatic nitrogens is 1. The smallest absolute Gasteiger partial charge is 0.147 e. The normalized spacial score (nSPS) is 16.0. The van der Waals surface area contributed by atoms with Gasteiger partial charge >= 0.3 is 0 Å². The summed E-state index contributed by atoms with van der Waals surface area (Å²) in [5.74, 6) is 0.953. The van der Waals surface area contributed by atoms with Crippen LogP contribution in [0.3, 0.4) is 0 Å². The van der Waals surface area contributed by atoms with Crippen LogP contribution in [0.25, 0.3) is 0 Å². The molecule has 1 aromatic heterocycles. The van der Waals surface area contributed by atoms with Crippen LogP contribution in [0.5, 0.6) is 0 Å². The molecule has 1 N–H and O–H groups in total. The summed E-state index contributed by atoms with van der Waals surface area (Å²) in [6.45, 7) is 6.05. The molecule has 2 heterocycles. The SMILES string of the molecule is Cc1cnc(C2=NCCCN2)c(C)c1. The molecule has 0 unspecified atom stereocenters. The van der Waals surface area contributed by atoms with Gasteiger partial charge in [-0.2, -0.15) is 0 Å². The van der Waals surface area contributed by atoms with Crippen LogP contribution in [0.4, 0.5) is 0 Å². The van der Waals surface area contributed by atoms with E-state index in [1.807, 2.05) is 6.20 Å². The summed E-state index contributed by atoms with van der Waals surface area (Å²) in [5.41, 5.74) is 3.39. The number of hydrogen-bond acceptors (Lipinski definition) is 3. The van der Waals surface area contributed by atoms with E-state index in [-0.39, 0.29) is 0 Å². The zero-order valence-electron chi connectivity index (χ0n) is 8.67. The maximum Gasteiger partial charge on any atom is 0.147 e. The van der Waals surface area contributed by atoms with E-state index < -0.39 is 0 Å². The van der Waals surface area contributed by atoms with E-state index in [4.69, 9.17) is 0 Å². The maximum absolute atomic E-state index is 4.43. The van der Waals surface area contributed by atoms with Crippen LogP contribution in [0.1, 0.15) is 23.2 Å². The summed E-state index contributed by atoms with van der Waals surface area (Å²) in [6, 6.07) is 2.14. The van der Waals surface area contributed by atoms with Crippen molar-refractivity contribution in [2.75, 3.05) is 13.1 Å². The quantitative estimate of drug-likeness (QED) is 0.725. The Morgan fingerprint density at radius 3 is 2.86 bits per heavy atom. The van der Waals surface area contributed by atoms with Gasteiger partial charge in [0.15, 0.2) is 0 Å². The Hall–Kier alpha value is -1.38. The monoisotopic (exact) mass is 189 g/mol. The number of nitrogens with one attached hydrogen (secondary N) is 1. The summed E-state index contributed by atoms with van der Waals surface area (Å²) >= 11 is 0. The van der Waals surface area contributed by atoms with Gasteiger partial charge < -0.3 is 5.32 Å². The Balaban J connectivity index is 2.35. The fraction of sp³-hybridized carbons (Fsp3) is 0.455. The predicted molar refractivity (Wildman–Crippen MR) is 57.7 cm³/mol. The van der Waals surface area contributed by atoms with Crippen molar-refractivity contribution in [2.45, 2.75) is 20.3 Å². The topological polar surface area (TPSA) is 37.3 Å². The van der Waals surface area contributed by atoms with Crippen LogP contribution >= 0.6 is 0 Å². The molecule has 0 fully saturated rings. The molecule has 1 aliphatic rings. The summed E-state index contributed by atoms with van der Waals surface area (Å²) < 4.78 is 0. The Kier molecular flexibility index (Phi) is 2.48. The molecule has 0 aromatic carbocycles. The number of rotatable bonds is 1. The van der Waals surface area contributed by atoms with Gasteiger partial charge in [-0.3, -0.25) is 9.98 Å². The van der Waals surface area contributed by atoms with E-state index in [2.05, 4.69) is 35.2 Å². The number of nitrogens with zero attached hydrogens (tertiary/aromatic N) is 2. The first kappa shape index (κ1) is 9.19. The van der Waals surface area contributed by atoms with Crippen LogP contribution < -0.4 is 5.32 Å². The van der Waals surface area contributed by atoms with Crippen molar-refractivity contribution in [1.29, 1.82) is 0 Å². The van der Waals surface area contributed by atoms with Gasteiger partial charge in [0.25, 0.3) is 0 Å². The molecule has 0 spiro atoms. The molecule has 2 rings (SSSR count). The van der Waals surface area contributed by atoms with Crippen molar-refractivity contribution in [3.8, 4) is 0 Å². The highest BCUT2D eigenvalue weighted by Gasteiger charge is 2.10. The number of amidine groups is 1. The van der Waals surface area contributed by atoms with E-state index in [0.717, 1.165) is 31.0 Å². The Labute approximate surface area is 84.3 Å². The minimum Gasteiger partial charge on any atom is -0.368 e. The van der Waals surface area contributed by atoms with Gasteiger partial charge in [-0.15, -0.1) is 0 Å². The highest BCUT2D eigenvalue weighted by Crippen LogP contribution is 2.08. The van der Waals surface area contributed by atoms with Gasteiger partial charge in [0, 0.05) is 19.3 Å². The molecule has 74 valence electrons. The predicted octanol–water partition coefficient (Wildman–Crippen LogP) is 1.44. The van der Waals surface area contributed by atoms with Crippen LogP contribution in [0.15, 0.2) is 17.3 Å². The van der Waals surface area contributed by atoms with Crippen LogP contribution in [0, 0.1) is 13.8 Å². The van der Waals surface area contributed by atoms with E-state index in [0.29, 0.717) is 0 Å². The average Bonchev–Trinajstić information content (AvgIpc) is 2.19. The molecule has 0 radical (unpaired) electrons. The lowest BCUT2D eigenvalue weighted by Crippen LogP contribution is -2.31. The van der Waals surface area contributed by atoms with Crippen LogP contribution in [0.2, 0.25) is 0 Å². The molecule has 0 aliphatic carbocycles. The van der Waals surface area contributed by atoms with Crippen molar-refractivity contribution < 1.29 is 0 Å². The van der Waals surface area contributed by atoms with Gasteiger partial charge in [-0.05, 0) is 31.4 Å². The van der Waals surface area contributed by atoms with E-state index in [9.17, 15) is 0 Å². The molecular formula is C11H15N3. The first-order chi connectivity index (χ1) is 6.77. The summed E-state index contributed by atoms with van der Waals surface area (Å²) in [4.78, 5) is 8.84. The standard InChI is InChI=1S/C11H15N3/c1-8-6-9(2)10(14-7-8)11-12-4-3-5-13-11/h6-7H,3-5H2,1-2H3,(H,12,13). The van der Waals surface area contributed by atoms with Crippen LogP contribution in [-0.4, -0.2) is 23.9 Å². The number of aliphatic imine (C=N–C) groups is 1. The molecular weight excluding hydrogens is 174 g/mol. The van der Waals surface area contributed by atoms with Gasteiger partial charge in [-0.25, -0.2) is 0 Å². The molecule has 3 nitrogen and oxygen atoms in total. The summed E-state index contributed by atoms with van der Waals surface area (Å²) in [5, 5.41) is 3.28. The Morgan fingerprint density at radius 1 is 1.36 bits per heavy atom. The number of hydrogen-bond donors (Lipinski definition) is 1. The number of aryl methyl sites for hydroxylation is 2. The largest absolute Gasteiger partial charge is 0.368 e. The average molecular weight is 189 g/mol. The van der Waals surface area contributed by atoms with Crippen molar-refractivity contribution in [3.05, 3.63) is 29.1 Å². The molecule has 0 amide bonds. The van der Waals surface area contributed by atoms with Crippen LogP contribution in [-0.2, 0) is 0 Å². The first-order valence-electron chi connectivity index (χ1n) is 4.99. The highest BCUT2D eigenvalue weighted by molar-refractivity contribution is 5.98. The molecule has 14 heavy (non-hydrogen) atoms. The molecule has 1 aromatic rings. The molecule has 3 heteroatoms. The second kappa shape index (κ2) is 3.78. The number of pyridine rings is 1. The first-order valence-corrected chi connectivity index (χ1v) is 4.99. The van der Waals surface area contributed by atoms with Crippen molar-refractivity contribution >= 4 is 5.84 Å². The second-order valence-electron chi connectivity index (χ2n) is 3.69. The third-order valence-electron chi connectivity index (χ3n) is 2.34. The lowest BCUT2D eigenvalue weighted by atomic mass is 10.1. The molecule has 0 saturated carbocycles. The van der Waals surface area contributed by atoms with E-state index in [1.165, 1.54) is 11.1 Å². The Bertz CT molecular complexity index is 369. The second-order valence-corrected chi connectivity index (χ2v) is 3.69. The zero-order chi connectivity index (χ0) is 9.97. The van der Waals surface area contributed by atoms with Gasteiger partial charge in [0.1, 0.15) is 11.5 Å². The fourth-order valence-corrected chi connectivity index (χ4v) is 1.65. The lowest BCUT2D eigenvalue weighted by Gasteiger charge is -2.15. The van der Waals surface area contributed by atoms with Gasteiger partial charge in [0.2, 0.25) is 0 Å². The summed E-state index contributed by atoms with van der Waals surface area (Å²) in [6.07, 6.45) is 3.01. The third-order valence-corrected chi connectivity index (χ3v) is 2.34. The zero-order valence-corrected chi connectivity index (χ0v) is 8.67. The fourth-order valence-electron chi connectivity index (χ4n) is 1.65. The molecule has 0 atom stereocenters. The molecule has 1 aliphatic heterocycles. The van der Waals surface area contributed by atoms with E-state index >= 15 is 0 Å². The maximum atomic E-state index is 4.43. The van der Waals surface area contributed by atoms with Crippen molar-refractivity contribution in [3.63, 3.8) is 0 Å². The summed E-state index contributed by atoms with van der Waals surface area (Å²) in [7, 11) is 0. The van der Waals surface area contributed by atoms with Gasteiger partial charge in [-0.1, -0.05) is 6.07 Å². The lowest BCUT2D eigenvalue weighted by molar-refractivity contribution is 0.739. The molecule has 0 saturated heterocycles.